The number of hydrogen-bond acceptors (Lipinski definition) is 5. The van der Waals surface area contributed by atoms with E-state index < -0.39 is 42.1 Å². The van der Waals surface area contributed by atoms with Crippen molar-refractivity contribution in [2.45, 2.75) is 38.9 Å². The minimum absolute atomic E-state index is 0.0336. The number of alkyl halides is 3. The third kappa shape index (κ3) is 7.37. The molecular formula is C19H22F3NO7. The van der Waals surface area contributed by atoms with E-state index in [9.17, 15) is 32.7 Å². The van der Waals surface area contributed by atoms with Gasteiger partial charge in [-0.15, -0.1) is 0 Å². The molecule has 0 radical (unpaired) electrons. The highest BCUT2D eigenvalue weighted by atomic mass is 19.4. The lowest BCUT2D eigenvalue weighted by Gasteiger charge is -2.23. The van der Waals surface area contributed by atoms with Crippen molar-refractivity contribution in [1.29, 1.82) is 0 Å². The van der Waals surface area contributed by atoms with Gasteiger partial charge >= 0.3 is 24.2 Å². The molecule has 1 aliphatic heterocycles. The van der Waals surface area contributed by atoms with Gasteiger partial charge in [-0.25, -0.2) is 14.5 Å². The van der Waals surface area contributed by atoms with Crippen LogP contribution in [-0.2, 0) is 25.5 Å². The molecule has 1 saturated heterocycles. The second-order valence-corrected chi connectivity index (χ2v) is 6.95. The molecule has 11 heteroatoms. The Kier molecular flexibility index (Phi) is 8.81. The van der Waals surface area contributed by atoms with Crippen LogP contribution in [0.1, 0.15) is 25.8 Å². The Balaban J connectivity index is 0.000000553. The summed E-state index contributed by atoms with van der Waals surface area (Å²) in [6, 6.07) is 8.95. The number of benzene rings is 1. The van der Waals surface area contributed by atoms with E-state index >= 15 is 0 Å². The lowest BCUT2D eigenvalue weighted by molar-refractivity contribution is -0.192. The van der Waals surface area contributed by atoms with Gasteiger partial charge in [0.05, 0.1) is 6.04 Å². The summed E-state index contributed by atoms with van der Waals surface area (Å²) in [5, 5.41) is 16.4. The molecule has 1 fully saturated rings. The molecule has 1 aromatic rings. The van der Waals surface area contributed by atoms with Crippen molar-refractivity contribution in [2.75, 3.05) is 6.61 Å². The van der Waals surface area contributed by atoms with Crippen LogP contribution >= 0.6 is 0 Å². The fourth-order valence-corrected chi connectivity index (χ4v) is 2.71. The lowest BCUT2D eigenvalue weighted by atomic mass is 9.95. The molecule has 0 aromatic heterocycles. The average molecular weight is 433 g/mol. The monoisotopic (exact) mass is 433 g/mol. The first-order chi connectivity index (χ1) is 13.8. The maximum Gasteiger partial charge on any atom is 0.490 e. The highest BCUT2D eigenvalue weighted by Crippen LogP contribution is 2.23. The number of ether oxygens (including phenoxy) is 1. The zero-order valence-corrected chi connectivity index (χ0v) is 16.3. The number of cyclic esters (lactones) is 1. The van der Waals surface area contributed by atoms with E-state index in [2.05, 4.69) is 0 Å². The van der Waals surface area contributed by atoms with Crippen LogP contribution in [0.3, 0.4) is 0 Å². The molecule has 1 heterocycles. The van der Waals surface area contributed by atoms with Crippen LogP contribution in [0.25, 0.3) is 0 Å². The Morgan fingerprint density at radius 3 is 2.13 bits per heavy atom. The van der Waals surface area contributed by atoms with Crippen molar-refractivity contribution in [3.8, 4) is 0 Å². The standard InChI is InChI=1S/C17H21NO5.C2HF3O2/c1-11(2)8-14(16(20)21)15(19)18-13(10-23-17(18)22)9-12-6-4-3-5-7-12;3-2(4,5)1(6)7/h3-7,11,13-14H,8-10H2,1-2H3,(H,20,21);(H,6,7)/t13-,14?;/m1./s1. The number of amides is 2. The van der Waals surface area contributed by atoms with E-state index in [1.807, 2.05) is 44.2 Å². The van der Waals surface area contributed by atoms with Gasteiger partial charge < -0.3 is 14.9 Å². The molecule has 30 heavy (non-hydrogen) atoms. The predicted molar refractivity (Wildman–Crippen MR) is 96.4 cm³/mol. The van der Waals surface area contributed by atoms with E-state index in [1.165, 1.54) is 0 Å². The van der Waals surface area contributed by atoms with E-state index in [0.717, 1.165) is 10.5 Å². The van der Waals surface area contributed by atoms with Gasteiger partial charge in [0.15, 0.2) is 0 Å². The third-order valence-corrected chi connectivity index (χ3v) is 4.06. The molecule has 2 amide bonds. The summed E-state index contributed by atoms with van der Waals surface area (Å²) in [6.07, 6.45) is -5.20. The SMILES string of the molecule is CC(C)CC(C(=O)O)C(=O)N1C(=O)OC[C@H]1Cc1ccccc1.O=C(O)C(F)(F)F. The number of aliphatic carboxylic acids is 2. The zero-order chi connectivity index (χ0) is 23.1. The Morgan fingerprint density at radius 1 is 1.17 bits per heavy atom. The normalized spacial score (nSPS) is 17.1. The highest BCUT2D eigenvalue weighted by molar-refractivity contribution is 6.04. The zero-order valence-electron chi connectivity index (χ0n) is 16.3. The molecule has 0 spiro atoms. The molecule has 2 N–H and O–H groups in total. The number of carbonyl (C=O) groups excluding carboxylic acids is 2. The molecule has 1 aliphatic rings. The van der Waals surface area contributed by atoms with Gasteiger partial charge in [-0.1, -0.05) is 44.2 Å². The fraction of sp³-hybridized carbons (Fsp3) is 0.474. The number of hydrogen-bond donors (Lipinski definition) is 2. The third-order valence-electron chi connectivity index (χ3n) is 4.06. The lowest BCUT2D eigenvalue weighted by Crippen LogP contribution is -2.46. The van der Waals surface area contributed by atoms with Crippen LogP contribution in [-0.4, -0.2) is 57.9 Å². The maximum atomic E-state index is 12.6. The summed E-state index contributed by atoms with van der Waals surface area (Å²) < 4.78 is 36.7. The van der Waals surface area contributed by atoms with Gasteiger partial charge in [0.2, 0.25) is 5.91 Å². The van der Waals surface area contributed by atoms with E-state index in [1.54, 1.807) is 0 Å². The number of carboxylic acid groups (broad SMARTS) is 2. The van der Waals surface area contributed by atoms with Crippen LogP contribution in [0.2, 0.25) is 0 Å². The van der Waals surface area contributed by atoms with Crippen LogP contribution in [0.5, 0.6) is 0 Å². The van der Waals surface area contributed by atoms with Gasteiger partial charge in [0.25, 0.3) is 0 Å². The maximum absolute atomic E-state index is 12.6. The number of carboxylic acids is 2. The van der Waals surface area contributed by atoms with Crippen molar-refractivity contribution in [3.05, 3.63) is 35.9 Å². The Labute approximate surface area is 170 Å². The molecule has 0 saturated carbocycles. The first kappa shape index (κ1) is 24.9. The Morgan fingerprint density at radius 2 is 1.70 bits per heavy atom. The van der Waals surface area contributed by atoms with E-state index in [0.29, 0.717) is 6.42 Å². The minimum atomic E-state index is -5.08. The van der Waals surface area contributed by atoms with Crippen LogP contribution in [0, 0.1) is 11.8 Å². The van der Waals surface area contributed by atoms with Crippen LogP contribution in [0.15, 0.2) is 30.3 Å². The quantitative estimate of drug-likeness (QED) is 0.662. The summed E-state index contributed by atoms with van der Waals surface area (Å²) in [5.41, 5.74) is 0.962. The summed E-state index contributed by atoms with van der Waals surface area (Å²) in [7, 11) is 0. The molecule has 1 unspecified atom stereocenters. The number of carbonyl (C=O) groups is 4. The first-order valence-electron chi connectivity index (χ1n) is 8.91. The smallest absolute Gasteiger partial charge is 0.481 e. The second-order valence-electron chi connectivity index (χ2n) is 6.95. The number of nitrogens with zero attached hydrogens (tertiary/aromatic N) is 1. The topological polar surface area (TPSA) is 121 Å². The number of rotatable bonds is 6. The van der Waals surface area contributed by atoms with Gasteiger partial charge in [-0.3, -0.25) is 9.59 Å². The summed E-state index contributed by atoms with van der Waals surface area (Å²) in [5.74, 6) is -5.84. The largest absolute Gasteiger partial charge is 0.490 e. The van der Waals surface area contributed by atoms with Crippen molar-refractivity contribution < 1.29 is 47.3 Å². The van der Waals surface area contributed by atoms with Gasteiger partial charge in [0.1, 0.15) is 12.5 Å². The molecule has 0 aliphatic carbocycles. The van der Waals surface area contributed by atoms with Crippen molar-refractivity contribution in [2.24, 2.45) is 11.8 Å². The average Bonchev–Trinajstić information content (AvgIpc) is 2.99. The van der Waals surface area contributed by atoms with Crippen molar-refractivity contribution >= 4 is 23.9 Å². The number of halogens is 3. The molecule has 1 aromatic carbocycles. The highest BCUT2D eigenvalue weighted by Gasteiger charge is 2.43. The summed E-state index contributed by atoms with van der Waals surface area (Å²) >= 11 is 0. The van der Waals surface area contributed by atoms with E-state index in [-0.39, 0.29) is 18.9 Å². The molecule has 2 atom stereocenters. The van der Waals surface area contributed by atoms with Crippen molar-refractivity contribution in [1.82, 2.24) is 4.90 Å². The molecule has 8 nitrogen and oxygen atoms in total. The number of imide groups is 1. The van der Waals surface area contributed by atoms with Crippen LogP contribution < -0.4 is 0 Å². The molecule has 0 bridgehead atoms. The van der Waals surface area contributed by atoms with Gasteiger partial charge in [-0.05, 0) is 24.3 Å². The van der Waals surface area contributed by atoms with E-state index in [4.69, 9.17) is 14.6 Å². The minimum Gasteiger partial charge on any atom is -0.481 e. The van der Waals surface area contributed by atoms with Crippen molar-refractivity contribution in [3.63, 3.8) is 0 Å². The fourth-order valence-electron chi connectivity index (χ4n) is 2.71. The Hall–Kier alpha value is -3.11. The van der Waals surface area contributed by atoms with Gasteiger partial charge in [-0.2, -0.15) is 13.2 Å². The molecule has 2 rings (SSSR count). The summed E-state index contributed by atoms with van der Waals surface area (Å²) in [6.45, 7) is 3.77. The van der Waals surface area contributed by atoms with Crippen LogP contribution in [0.4, 0.5) is 18.0 Å². The van der Waals surface area contributed by atoms with Gasteiger partial charge in [0, 0.05) is 0 Å². The Bertz CT molecular complexity index is 765. The first-order valence-corrected chi connectivity index (χ1v) is 8.91. The predicted octanol–water partition coefficient (Wildman–Crippen LogP) is 2.96. The summed E-state index contributed by atoms with van der Waals surface area (Å²) in [4.78, 5) is 45.8. The molecule has 166 valence electrons. The molecular weight excluding hydrogens is 411 g/mol. The second kappa shape index (κ2) is 10.6.